The molecule has 1 amide bonds. The predicted molar refractivity (Wildman–Crippen MR) is 57.6 cm³/mol. The molecule has 2 rings (SSSR count). The van der Waals surface area contributed by atoms with Crippen LogP contribution in [0.1, 0.15) is 32.1 Å². The number of carbonyl (C=O) groups is 1. The topological polar surface area (TPSA) is 50.4 Å². The van der Waals surface area contributed by atoms with Gasteiger partial charge in [-0.3, -0.25) is 4.79 Å². The first-order valence-electron chi connectivity index (χ1n) is 5.99. The molecule has 2 heterocycles. The molecular weight excluding hydrogens is 192 g/mol. The van der Waals surface area contributed by atoms with Crippen molar-refractivity contribution in [1.29, 1.82) is 0 Å². The highest BCUT2D eigenvalue weighted by atomic mass is 16.5. The molecule has 2 aliphatic rings. The molecule has 0 radical (unpaired) electrons. The van der Waals surface area contributed by atoms with E-state index in [0.29, 0.717) is 6.04 Å². The summed E-state index contributed by atoms with van der Waals surface area (Å²) in [5.74, 6) is 0.0745. The zero-order valence-electron chi connectivity index (χ0n) is 9.13. The molecule has 4 heteroatoms. The van der Waals surface area contributed by atoms with E-state index < -0.39 is 0 Å². The van der Waals surface area contributed by atoms with Crippen LogP contribution < -0.4 is 10.6 Å². The number of amides is 1. The Balaban J connectivity index is 1.58. The molecule has 0 aromatic heterocycles. The van der Waals surface area contributed by atoms with Crippen LogP contribution in [0.25, 0.3) is 0 Å². The summed E-state index contributed by atoms with van der Waals surface area (Å²) in [4.78, 5) is 11.6. The molecule has 86 valence electrons. The van der Waals surface area contributed by atoms with Crippen molar-refractivity contribution in [2.75, 3.05) is 19.7 Å². The second kappa shape index (κ2) is 5.47. The molecular formula is C11H20N2O2. The van der Waals surface area contributed by atoms with Gasteiger partial charge in [0.1, 0.15) is 6.10 Å². The largest absolute Gasteiger partial charge is 0.368 e. The first-order chi connectivity index (χ1) is 7.36. The summed E-state index contributed by atoms with van der Waals surface area (Å²) >= 11 is 0. The summed E-state index contributed by atoms with van der Waals surface area (Å²) in [7, 11) is 0. The van der Waals surface area contributed by atoms with Crippen molar-refractivity contribution >= 4 is 5.91 Å². The first-order valence-corrected chi connectivity index (χ1v) is 5.99. The molecule has 0 spiro atoms. The fourth-order valence-electron chi connectivity index (χ4n) is 2.27. The van der Waals surface area contributed by atoms with Crippen LogP contribution in [0.2, 0.25) is 0 Å². The van der Waals surface area contributed by atoms with Gasteiger partial charge in [0.05, 0.1) is 0 Å². The lowest BCUT2D eigenvalue weighted by atomic mass is 10.1. The lowest BCUT2D eigenvalue weighted by Gasteiger charge is -2.13. The third-order valence-corrected chi connectivity index (χ3v) is 3.18. The third kappa shape index (κ3) is 3.18. The van der Waals surface area contributed by atoms with E-state index in [-0.39, 0.29) is 12.0 Å². The Bertz CT molecular complexity index is 209. The van der Waals surface area contributed by atoms with Crippen LogP contribution in [0, 0.1) is 0 Å². The Labute approximate surface area is 90.8 Å². The summed E-state index contributed by atoms with van der Waals surface area (Å²) < 4.78 is 5.31. The summed E-state index contributed by atoms with van der Waals surface area (Å²) in [6.07, 6.45) is 5.27. The first kappa shape index (κ1) is 10.9. The Kier molecular flexibility index (Phi) is 3.97. The Morgan fingerprint density at radius 1 is 1.40 bits per heavy atom. The van der Waals surface area contributed by atoms with E-state index in [9.17, 15) is 4.79 Å². The molecule has 4 nitrogen and oxygen atoms in total. The smallest absolute Gasteiger partial charge is 0.249 e. The highest BCUT2D eigenvalue weighted by Gasteiger charge is 2.23. The third-order valence-electron chi connectivity index (χ3n) is 3.18. The van der Waals surface area contributed by atoms with Crippen molar-refractivity contribution in [1.82, 2.24) is 10.6 Å². The molecule has 2 atom stereocenters. The SMILES string of the molecule is O=C(NCCC1CCCN1)C1CCCO1. The number of carbonyl (C=O) groups excluding carboxylic acids is 1. The van der Waals surface area contributed by atoms with E-state index in [1.165, 1.54) is 12.8 Å². The van der Waals surface area contributed by atoms with Crippen molar-refractivity contribution in [3.05, 3.63) is 0 Å². The van der Waals surface area contributed by atoms with Crippen LogP contribution in [0.15, 0.2) is 0 Å². The molecule has 15 heavy (non-hydrogen) atoms. The van der Waals surface area contributed by atoms with Crippen molar-refractivity contribution in [3.63, 3.8) is 0 Å². The maximum absolute atomic E-state index is 11.6. The summed E-state index contributed by atoms with van der Waals surface area (Å²) in [6.45, 7) is 2.64. The van der Waals surface area contributed by atoms with E-state index in [0.717, 1.165) is 39.0 Å². The number of hydrogen-bond donors (Lipinski definition) is 2. The van der Waals surface area contributed by atoms with Gasteiger partial charge in [0.15, 0.2) is 0 Å². The fraction of sp³-hybridized carbons (Fsp3) is 0.909. The van der Waals surface area contributed by atoms with E-state index in [1.54, 1.807) is 0 Å². The zero-order chi connectivity index (χ0) is 10.5. The standard InChI is InChI=1S/C11H20N2O2/c14-11(10-4-2-8-15-10)13-7-5-9-3-1-6-12-9/h9-10,12H,1-8H2,(H,13,14). The number of nitrogens with one attached hydrogen (secondary N) is 2. The second-order valence-electron chi connectivity index (χ2n) is 4.37. The van der Waals surface area contributed by atoms with Gasteiger partial charge >= 0.3 is 0 Å². The Morgan fingerprint density at radius 3 is 3.00 bits per heavy atom. The van der Waals surface area contributed by atoms with Gasteiger partial charge in [-0.15, -0.1) is 0 Å². The Hall–Kier alpha value is -0.610. The summed E-state index contributed by atoms with van der Waals surface area (Å²) in [6, 6.07) is 0.606. The van der Waals surface area contributed by atoms with E-state index >= 15 is 0 Å². The monoisotopic (exact) mass is 212 g/mol. The highest BCUT2D eigenvalue weighted by Crippen LogP contribution is 2.12. The molecule has 2 saturated heterocycles. The normalized spacial score (nSPS) is 30.7. The zero-order valence-corrected chi connectivity index (χ0v) is 9.13. The number of ether oxygens (including phenoxy) is 1. The van der Waals surface area contributed by atoms with Crippen LogP contribution in [0.5, 0.6) is 0 Å². The lowest BCUT2D eigenvalue weighted by molar-refractivity contribution is -0.130. The summed E-state index contributed by atoms with van der Waals surface area (Å²) in [5.41, 5.74) is 0. The van der Waals surface area contributed by atoms with Crippen molar-refractivity contribution in [2.24, 2.45) is 0 Å². The molecule has 2 aliphatic heterocycles. The van der Waals surface area contributed by atoms with E-state index in [4.69, 9.17) is 4.74 Å². The van der Waals surface area contributed by atoms with Gasteiger partial charge < -0.3 is 15.4 Å². The fourth-order valence-corrected chi connectivity index (χ4v) is 2.27. The van der Waals surface area contributed by atoms with Gasteiger partial charge in [0.2, 0.25) is 5.91 Å². The number of rotatable bonds is 4. The molecule has 0 bridgehead atoms. The highest BCUT2D eigenvalue weighted by molar-refractivity contribution is 5.80. The minimum Gasteiger partial charge on any atom is -0.368 e. The summed E-state index contributed by atoms with van der Waals surface area (Å²) in [5, 5.41) is 6.36. The molecule has 0 aromatic carbocycles. The minimum absolute atomic E-state index is 0.0745. The molecule has 0 saturated carbocycles. The predicted octanol–water partition coefficient (Wildman–Crippen LogP) is 0.424. The van der Waals surface area contributed by atoms with E-state index in [2.05, 4.69) is 10.6 Å². The van der Waals surface area contributed by atoms with Crippen LogP contribution in [-0.4, -0.2) is 37.7 Å². The van der Waals surface area contributed by atoms with Crippen LogP contribution in [0.4, 0.5) is 0 Å². The van der Waals surface area contributed by atoms with Crippen molar-refractivity contribution in [3.8, 4) is 0 Å². The van der Waals surface area contributed by atoms with Crippen LogP contribution >= 0.6 is 0 Å². The van der Waals surface area contributed by atoms with Gasteiger partial charge in [0.25, 0.3) is 0 Å². The van der Waals surface area contributed by atoms with Gasteiger partial charge in [0, 0.05) is 19.2 Å². The quantitative estimate of drug-likeness (QED) is 0.710. The van der Waals surface area contributed by atoms with Crippen LogP contribution in [-0.2, 0) is 9.53 Å². The van der Waals surface area contributed by atoms with Crippen molar-refractivity contribution in [2.45, 2.75) is 44.2 Å². The maximum atomic E-state index is 11.6. The average Bonchev–Trinajstić information content (AvgIpc) is 2.90. The minimum atomic E-state index is -0.179. The molecule has 0 aromatic rings. The van der Waals surface area contributed by atoms with Gasteiger partial charge in [-0.05, 0) is 38.6 Å². The Morgan fingerprint density at radius 2 is 2.33 bits per heavy atom. The van der Waals surface area contributed by atoms with E-state index in [1.807, 2.05) is 0 Å². The molecule has 0 aliphatic carbocycles. The molecule has 2 unspecified atom stereocenters. The molecule has 2 N–H and O–H groups in total. The second-order valence-corrected chi connectivity index (χ2v) is 4.37. The van der Waals surface area contributed by atoms with Gasteiger partial charge in [-0.2, -0.15) is 0 Å². The average molecular weight is 212 g/mol. The number of hydrogen-bond acceptors (Lipinski definition) is 3. The maximum Gasteiger partial charge on any atom is 0.249 e. The van der Waals surface area contributed by atoms with Gasteiger partial charge in [-0.25, -0.2) is 0 Å². The lowest BCUT2D eigenvalue weighted by Crippen LogP contribution is -2.36. The van der Waals surface area contributed by atoms with Gasteiger partial charge in [-0.1, -0.05) is 0 Å². The van der Waals surface area contributed by atoms with Crippen molar-refractivity contribution < 1.29 is 9.53 Å². The van der Waals surface area contributed by atoms with Crippen LogP contribution in [0.3, 0.4) is 0 Å². The molecule has 2 fully saturated rings.